The minimum Gasteiger partial charge on any atom is -0.462 e. The summed E-state index contributed by atoms with van der Waals surface area (Å²) in [7, 11) is 0. The molecule has 6 nitrogen and oxygen atoms in total. The zero-order chi connectivity index (χ0) is 43.7. The molecule has 0 aromatic carbocycles. The van der Waals surface area contributed by atoms with Crippen LogP contribution in [0.25, 0.3) is 0 Å². The van der Waals surface area contributed by atoms with Crippen LogP contribution in [0.1, 0.15) is 271 Å². The summed E-state index contributed by atoms with van der Waals surface area (Å²) in [6.45, 7) is 6.58. The van der Waals surface area contributed by atoms with Crippen molar-refractivity contribution in [2.75, 3.05) is 13.2 Å². The van der Waals surface area contributed by atoms with E-state index in [9.17, 15) is 14.4 Å². The number of ether oxygens (including phenoxy) is 3. The van der Waals surface area contributed by atoms with Gasteiger partial charge < -0.3 is 14.2 Å². The Morgan fingerprint density at radius 3 is 0.967 bits per heavy atom. The van der Waals surface area contributed by atoms with Gasteiger partial charge in [0.25, 0.3) is 0 Å². The summed E-state index contributed by atoms with van der Waals surface area (Å²) >= 11 is 0. The van der Waals surface area contributed by atoms with Crippen LogP contribution in [-0.2, 0) is 28.6 Å². The van der Waals surface area contributed by atoms with Gasteiger partial charge in [-0.05, 0) is 77.0 Å². The van der Waals surface area contributed by atoms with Gasteiger partial charge in [-0.1, -0.05) is 211 Å². The number of carbonyl (C=O) groups is 3. The zero-order valence-electron chi connectivity index (χ0n) is 40.0. The first-order valence-corrected chi connectivity index (χ1v) is 26.0. The highest BCUT2D eigenvalue weighted by Crippen LogP contribution is 2.15. The predicted octanol–water partition coefficient (Wildman–Crippen LogP) is 16.9. The Hall–Kier alpha value is -2.37. The second-order valence-corrected chi connectivity index (χ2v) is 17.4. The van der Waals surface area contributed by atoms with Crippen molar-refractivity contribution in [1.82, 2.24) is 0 Å². The Bertz CT molecular complexity index is 1020. The van der Waals surface area contributed by atoms with Gasteiger partial charge in [0.05, 0.1) is 0 Å². The molecule has 0 aromatic heterocycles. The van der Waals surface area contributed by atoms with E-state index in [2.05, 4.69) is 57.2 Å². The minimum atomic E-state index is -0.773. The average Bonchev–Trinajstić information content (AvgIpc) is 3.24. The van der Waals surface area contributed by atoms with Gasteiger partial charge >= 0.3 is 17.9 Å². The van der Waals surface area contributed by atoms with Crippen molar-refractivity contribution in [2.45, 2.75) is 277 Å². The lowest BCUT2D eigenvalue weighted by Crippen LogP contribution is -2.30. The smallest absolute Gasteiger partial charge is 0.306 e. The van der Waals surface area contributed by atoms with Gasteiger partial charge in [0.1, 0.15) is 13.2 Å². The summed E-state index contributed by atoms with van der Waals surface area (Å²) < 4.78 is 16.7. The molecule has 0 aliphatic carbocycles. The molecule has 0 heterocycles. The van der Waals surface area contributed by atoms with Crippen LogP contribution in [0, 0.1) is 0 Å². The van der Waals surface area contributed by atoms with Crippen LogP contribution in [0.3, 0.4) is 0 Å². The largest absolute Gasteiger partial charge is 0.462 e. The maximum Gasteiger partial charge on any atom is 0.306 e. The van der Waals surface area contributed by atoms with Gasteiger partial charge in [0, 0.05) is 19.3 Å². The molecular formula is C54H98O6. The highest BCUT2D eigenvalue weighted by Gasteiger charge is 2.19. The van der Waals surface area contributed by atoms with Crippen LogP contribution < -0.4 is 0 Å². The first-order valence-electron chi connectivity index (χ1n) is 26.0. The molecule has 6 heteroatoms. The van der Waals surface area contributed by atoms with Crippen molar-refractivity contribution in [2.24, 2.45) is 0 Å². The molecule has 0 fully saturated rings. The van der Waals surface area contributed by atoms with Crippen molar-refractivity contribution >= 4 is 17.9 Å². The lowest BCUT2D eigenvalue weighted by molar-refractivity contribution is -0.167. The highest BCUT2D eigenvalue weighted by molar-refractivity contribution is 5.71. The number of unbranched alkanes of at least 4 members (excludes halogenated alkanes) is 30. The Morgan fingerprint density at radius 2 is 0.600 bits per heavy atom. The average molecular weight is 843 g/mol. The molecule has 1 atom stereocenters. The third-order valence-corrected chi connectivity index (χ3v) is 11.4. The molecule has 0 rings (SSSR count). The predicted molar refractivity (Wildman–Crippen MR) is 256 cm³/mol. The Kier molecular flexibility index (Phi) is 47.3. The van der Waals surface area contributed by atoms with E-state index in [0.717, 1.165) is 70.6 Å². The van der Waals surface area contributed by atoms with E-state index in [0.29, 0.717) is 19.3 Å². The molecule has 1 unspecified atom stereocenters. The summed E-state index contributed by atoms with van der Waals surface area (Å²) in [5, 5.41) is 0. The van der Waals surface area contributed by atoms with Crippen LogP contribution in [0.4, 0.5) is 0 Å². The zero-order valence-corrected chi connectivity index (χ0v) is 40.0. The molecule has 0 aliphatic rings. The van der Waals surface area contributed by atoms with Crippen LogP contribution >= 0.6 is 0 Å². The monoisotopic (exact) mass is 843 g/mol. The van der Waals surface area contributed by atoms with E-state index in [1.807, 2.05) is 0 Å². The van der Waals surface area contributed by atoms with Gasteiger partial charge in [-0.2, -0.15) is 0 Å². The minimum absolute atomic E-state index is 0.0751. The van der Waals surface area contributed by atoms with Gasteiger partial charge in [0.2, 0.25) is 0 Å². The van der Waals surface area contributed by atoms with E-state index < -0.39 is 6.10 Å². The molecule has 60 heavy (non-hydrogen) atoms. The van der Waals surface area contributed by atoms with E-state index in [1.54, 1.807) is 0 Å². The molecule has 0 N–H and O–H groups in total. The molecule has 350 valence electrons. The second-order valence-electron chi connectivity index (χ2n) is 17.4. The first kappa shape index (κ1) is 57.6. The summed E-state index contributed by atoms with van der Waals surface area (Å²) in [6.07, 6.45) is 57.1. The molecule has 0 saturated heterocycles. The summed E-state index contributed by atoms with van der Waals surface area (Å²) in [4.78, 5) is 37.8. The maximum atomic E-state index is 12.8. The molecule has 0 radical (unpaired) electrons. The van der Waals surface area contributed by atoms with Gasteiger partial charge in [-0.3, -0.25) is 14.4 Å². The molecule has 0 aliphatic heterocycles. The third-order valence-electron chi connectivity index (χ3n) is 11.4. The second kappa shape index (κ2) is 49.3. The van der Waals surface area contributed by atoms with Crippen LogP contribution in [0.2, 0.25) is 0 Å². The van der Waals surface area contributed by atoms with Gasteiger partial charge in [-0.25, -0.2) is 0 Å². The number of rotatable bonds is 47. The van der Waals surface area contributed by atoms with E-state index >= 15 is 0 Å². The third kappa shape index (κ3) is 46.7. The number of esters is 3. The van der Waals surface area contributed by atoms with Crippen LogP contribution in [0.5, 0.6) is 0 Å². The number of hydrogen-bond donors (Lipinski definition) is 0. The quantitative estimate of drug-likeness (QED) is 0.0263. The standard InChI is InChI=1S/C54H98O6/c1-4-7-10-13-16-18-20-22-24-26-28-29-31-33-35-38-41-44-47-53(56)59-50-51(49-58-52(55)46-43-40-37-15-12-9-6-3)60-54(57)48-45-42-39-36-34-32-30-27-25-23-21-19-17-14-11-8-5-2/h17,19,23-26,51H,4-16,18,20-22,27-50H2,1-3H3/b19-17-,25-23-,26-24-. The fraction of sp³-hybridized carbons (Fsp3) is 0.833. The van der Waals surface area contributed by atoms with E-state index in [4.69, 9.17) is 14.2 Å². The van der Waals surface area contributed by atoms with Crippen molar-refractivity contribution in [1.29, 1.82) is 0 Å². The fourth-order valence-corrected chi connectivity index (χ4v) is 7.41. The van der Waals surface area contributed by atoms with Gasteiger partial charge in [0.15, 0.2) is 6.10 Å². The number of allylic oxidation sites excluding steroid dienone is 6. The number of carbonyl (C=O) groups excluding carboxylic acids is 3. The fourth-order valence-electron chi connectivity index (χ4n) is 7.41. The van der Waals surface area contributed by atoms with Crippen molar-refractivity contribution in [3.8, 4) is 0 Å². The molecule has 0 spiro atoms. The van der Waals surface area contributed by atoms with E-state index in [-0.39, 0.29) is 31.1 Å². The topological polar surface area (TPSA) is 78.9 Å². The molecule has 0 saturated carbocycles. The van der Waals surface area contributed by atoms with Crippen LogP contribution in [-0.4, -0.2) is 37.2 Å². The number of hydrogen-bond acceptors (Lipinski definition) is 6. The molecule has 0 bridgehead atoms. The molecule has 0 aromatic rings. The molecule has 0 amide bonds. The highest BCUT2D eigenvalue weighted by atomic mass is 16.6. The lowest BCUT2D eigenvalue weighted by atomic mass is 10.1. The lowest BCUT2D eigenvalue weighted by Gasteiger charge is -2.18. The Labute approximate surface area is 372 Å². The van der Waals surface area contributed by atoms with Crippen molar-refractivity contribution in [3.05, 3.63) is 36.5 Å². The van der Waals surface area contributed by atoms with Crippen LogP contribution in [0.15, 0.2) is 36.5 Å². The SMILES string of the molecule is CCCCC/C=C\C/C=C\CCCCCCCCCC(=O)OC(COC(=O)CCCCCCCCC)COC(=O)CCCCCCCCC/C=C\CCCCCCCCC. The summed E-state index contributed by atoms with van der Waals surface area (Å²) in [5.41, 5.74) is 0. The normalized spacial score (nSPS) is 12.2. The summed E-state index contributed by atoms with van der Waals surface area (Å²) in [5.74, 6) is -0.885. The first-order chi connectivity index (χ1) is 29.5. The van der Waals surface area contributed by atoms with E-state index in [1.165, 1.54) is 161 Å². The van der Waals surface area contributed by atoms with Gasteiger partial charge in [-0.15, -0.1) is 0 Å². The molecular weight excluding hydrogens is 745 g/mol. The Morgan fingerprint density at radius 1 is 0.333 bits per heavy atom. The summed E-state index contributed by atoms with van der Waals surface area (Å²) in [6, 6.07) is 0. The van der Waals surface area contributed by atoms with Crippen molar-refractivity contribution in [3.63, 3.8) is 0 Å². The maximum absolute atomic E-state index is 12.8. The van der Waals surface area contributed by atoms with Crippen molar-refractivity contribution < 1.29 is 28.6 Å². The Balaban J connectivity index is 4.25.